The van der Waals surface area contributed by atoms with E-state index in [1.54, 1.807) is 25.3 Å². The SMILES string of the molecule is COCCC(C)(C)CN1C(=O)c2ccc(N)cc2C1=O. The predicted octanol–water partition coefficient (Wildman–Crippen LogP) is 1.93. The van der Waals surface area contributed by atoms with Gasteiger partial charge in [-0.25, -0.2) is 0 Å². The Hall–Kier alpha value is -1.88. The number of nitrogens with zero attached hydrogens (tertiary/aromatic N) is 1. The van der Waals surface area contributed by atoms with E-state index in [9.17, 15) is 9.59 Å². The first-order chi connectivity index (χ1) is 9.35. The fourth-order valence-corrected chi connectivity index (χ4v) is 2.34. The van der Waals surface area contributed by atoms with Gasteiger partial charge in [-0.05, 0) is 30.0 Å². The van der Waals surface area contributed by atoms with Gasteiger partial charge in [-0.3, -0.25) is 14.5 Å². The molecule has 5 heteroatoms. The Labute approximate surface area is 118 Å². The summed E-state index contributed by atoms with van der Waals surface area (Å²) < 4.78 is 5.07. The van der Waals surface area contributed by atoms with E-state index in [2.05, 4.69) is 0 Å². The van der Waals surface area contributed by atoms with Gasteiger partial charge in [0, 0.05) is 25.9 Å². The molecule has 1 aromatic rings. The van der Waals surface area contributed by atoms with Gasteiger partial charge in [0.05, 0.1) is 11.1 Å². The molecular weight excluding hydrogens is 256 g/mol. The Kier molecular flexibility index (Phi) is 3.81. The summed E-state index contributed by atoms with van der Waals surface area (Å²) in [5, 5.41) is 0. The number of nitrogens with two attached hydrogens (primary N) is 1. The summed E-state index contributed by atoms with van der Waals surface area (Å²) in [5.41, 5.74) is 6.82. The Balaban J connectivity index is 2.20. The predicted molar refractivity (Wildman–Crippen MR) is 76.5 cm³/mol. The summed E-state index contributed by atoms with van der Waals surface area (Å²) >= 11 is 0. The van der Waals surface area contributed by atoms with Gasteiger partial charge in [0.2, 0.25) is 0 Å². The van der Waals surface area contributed by atoms with Crippen molar-refractivity contribution in [1.29, 1.82) is 0 Å². The number of hydrogen-bond donors (Lipinski definition) is 1. The number of nitrogen functional groups attached to an aromatic ring is 1. The second kappa shape index (κ2) is 5.25. The topological polar surface area (TPSA) is 72.6 Å². The van der Waals surface area contributed by atoms with E-state index in [1.165, 1.54) is 4.90 Å². The van der Waals surface area contributed by atoms with E-state index < -0.39 is 0 Å². The number of rotatable bonds is 5. The number of hydrogen-bond acceptors (Lipinski definition) is 4. The number of ether oxygens (including phenoxy) is 1. The molecule has 0 unspecified atom stereocenters. The maximum atomic E-state index is 12.3. The van der Waals surface area contributed by atoms with E-state index in [0.29, 0.717) is 30.0 Å². The van der Waals surface area contributed by atoms with Gasteiger partial charge < -0.3 is 10.5 Å². The molecule has 2 N–H and O–H groups in total. The second-order valence-electron chi connectivity index (χ2n) is 5.91. The number of imide groups is 1. The lowest BCUT2D eigenvalue weighted by atomic mass is 9.89. The highest BCUT2D eigenvalue weighted by Crippen LogP contribution is 2.29. The lowest BCUT2D eigenvalue weighted by molar-refractivity contribution is 0.0556. The highest BCUT2D eigenvalue weighted by Gasteiger charge is 2.38. The summed E-state index contributed by atoms with van der Waals surface area (Å²) in [6.07, 6.45) is 0.777. The zero-order valence-electron chi connectivity index (χ0n) is 12.1. The third-order valence-electron chi connectivity index (χ3n) is 3.56. The van der Waals surface area contributed by atoms with Crippen molar-refractivity contribution < 1.29 is 14.3 Å². The van der Waals surface area contributed by atoms with Gasteiger partial charge in [0.25, 0.3) is 11.8 Å². The average Bonchev–Trinajstić information content (AvgIpc) is 2.61. The third-order valence-corrected chi connectivity index (χ3v) is 3.56. The number of methoxy groups -OCH3 is 1. The van der Waals surface area contributed by atoms with Crippen LogP contribution in [0.3, 0.4) is 0 Å². The molecule has 0 atom stereocenters. The zero-order chi connectivity index (χ0) is 14.9. The summed E-state index contributed by atoms with van der Waals surface area (Å²) in [5.74, 6) is -0.502. The maximum Gasteiger partial charge on any atom is 0.261 e. The molecule has 1 aliphatic heterocycles. The van der Waals surface area contributed by atoms with E-state index in [1.807, 2.05) is 13.8 Å². The molecule has 2 rings (SSSR count). The molecule has 1 aromatic carbocycles. The van der Waals surface area contributed by atoms with Crippen LogP contribution in [0.25, 0.3) is 0 Å². The molecule has 0 spiro atoms. The first kappa shape index (κ1) is 14.5. The van der Waals surface area contributed by atoms with Crippen LogP contribution < -0.4 is 5.73 Å². The van der Waals surface area contributed by atoms with E-state index in [4.69, 9.17) is 10.5 Å². The minimum atomic E-state index is -0.261. The van der Waals surface area contributed by atoms with Crippen molar-refractivity contribution >= 4 is 17.5 Å². The van der Waals surface area contributed by atoms with Crippen molar-refractivity contribution in [2.24, 2.45) is 5.41 Å². The number of carbonyl (C=O) groups excluding carboxylic acids is 2. The van der Waals surface area contributed by atoms with E-state index in [0.717, 1.165) is 6.42 Å². The minimum absolute atomic E-state index is 0.186. The van der Waals surface area contributed by atoms with Crippen LogP contribution in [0.15, 0.2) is 18.2 Å². The molecule has 0 fully saturated rings. The molecule has 0 bridgehead atoms. The number of amides is 2. The van der Waals surface area contributed by atoms with Crippen LogP contribution in [-0.4, -0.2) is 37.0 Å². The normalized spacial score (nSPS) is 14.8. The number of anilines is 1. The van der Waals surface area contributed by atoms with E-state index >= 15 is 0 Å². The Morgan fingerprint density at radius 1 is 1.20 bits per heavy atom. The highest BCUT2D eigenvalue weighted by molar-refractivity contribution is 6.21. The lowest BCUT2D eigenvalue weighted by Crippen LogP contribution is -2.38. The fourth-order valence-electron chi connectivity index (χ4n) is 2.34. The molecular formula is C15H20N2O3. The van der Waals surface area contributed by atoms with Gasteiger partial charge in [0.15, 0.2) is 0 Å². The standard InChI is InChI=1S/C15H20N2O3/c1-15(2,6-7-20-3)9-17-13(18)11-5-4-10(16)8-12(11)14(17)19/h4-5,8H,6-7,9,16H2,1-3H3. The van der Waals surface area contributed by atoms with Gasteiger partial charge in [-0.1, -0.05) is 13.8 Å². The first-order valence-electron chi connectivity index (χ1n) is 6.60. The summed E-state index contributed by atoms with van der Waals surface area (Å²) in [4.78, 5) is 25.9. The molecule has 20 heavy (non-hydrogen) atoms. The van der Waals surface area contributed by atoms with Gasteiger partial charge in [-0.15, -0.1) is 0 Å². The van der Waals surface area contributed by atoms with Crippen LogP contribution in [0, 0.1) is 5.41 Å². The number of fused-ring (bicyclic) bond motifs is 1. The van der Waals surface area contributed by atoms with Crippen molar-refractivity contribution in [1.82, 2.24) is 4.90 Å². The highest BCUT2D eigenvalue weighted by atomic mass is 16.5. The largest absolute Gasteiger partial charge is 0.399 e. The Bertz CT molecular complexity index is 552. The lowest BCUT2D eigenvalue weighted by Gasteiger charge is -2.28. The second-order valence-corrected chi connectivity index (χ2v) is 5.91. The number of carbonyl (C=O) groups is 2. The summed E-state index contributed by atoms with van der Waals surface area (Å²) in [6, 6.07) is 4.83. The smallest absolute Gasteiger partial charge is 0.261 e. The molecule has 0 aliphatic carbocycles. The minimum Gasteiger partial charge on any atom is -0.399 e. The van der Waals surface area contributed by atoms with Crippen LogP contribution in [0.1, 0.15) is 41.0 Å². The number of benzene rings is 1. The van der Waals surface area contributed by atoms with Crippen LogP contribution in [0.5, 0.6) is 0 Å². The molecule has 5 nitrogen and oxygen atoms in total. The van der Waals surface area contributed by atoms with Crippen molar-refractivity contribution in [2.45, 2.75) is 20.3 Å². The van der Waals surface area contributed by atoms with Crippen LogP contribution >= 0.6 is 0 Å². The maximum absolute atomic E-state index is 12.3. The molecule has 0 radical (unpaired) electrons. The van der Waals surface area contributed by atoms with Crippen LogP contribution in [-0.2, 0) is 4.74 Å². The average molecular weight is 276 g/mol. The first-order valence-corrected chi connectivity index (χ1v) is 6.60. The Morgan fingerprint density at radius 2 is 1.85 bits per heavy atom. The van der Waals surface area contributed by atoms with E-state index in [-0.39, 0.29) is 17.2 Å². The molecule has 1 heterocycles. The van der Waals surface area contributed by atoms with Crippen molar-refractivity contribution in [3.8, 4) is 0 Å². The molecule has 1 aliphatic rings. The monoisotopic (exact) mass is 276 g/mol. The van der Waals surface area contributed by atoms with Gasteiger partial charge >= 0.3 is 0 Å². The third kappa shape index (κ3) is 2.67. The Morgan fingerprint density at radius 3 is 2.50 bits per heavy atom. The van der Waals surface area contributed by atoms with Crippen LogP contribution in [0.2, 0.25) is 0 Å². The zero-order valence-corrected chi connectivity index (χ0v) is 12.1. The quantitative estimate of drug-likeness (QED) is 0.659. The van der Waals surface area contributed by atoms with Crippen LogP contribution in [0.4, 0.5) is 5.69 Å². The van der Waals surface area contributed by atoms with Gasteiger partial charge in [0.1, 0.15) is 0 Å². The summed E-state index contributed by atoms with van der Waals surface area (Å²) in [7, 11) is 1.64. The van der Waals surface area contributed by atoms with Gasteiger partial charge in [-0.2, -0.15) is 0 Å². The molecule has 0 aromatic heterocycles. The summed E-state index contributed by atoms with van der Waals surface area (Å²) in [6.45, 7) is 5.01. The molecule has 0 saturated carbocycles. The van der Waals surface area contributed by atoms with Crippen molar-refractivity contribution in [3.63, 3.8) is 0 Å². The molecule has 2 amide bonds. The fraction of sp³-hybridized carbons (Fsp3) is 0.467. The van der Waals surface area contributed by atoms with Crippen molar-refractivity contribution in [3.05, 3.63) is 29.3 Å². The van der Waals surface area contributed by atoms with Crippen molar-refractivity contribution in [2.75, 3.05) is 26.0 Å². The molecule has 0 saturated heterocycles. The molecule has 108 valence electrons.